The lowest BCUT2D eigenvalue weighted by molar-refractivity contribution is -0.118. The Morgan fingerprint density at radius 3 is 2.19 bits per heavy atom. The van der Waals surface area contributed by atoms with Gasteiger partial charge >= 0.3 is 0 Å². The molecule has 1 aliphatic rings. The molecule has 1 atom stereocenters. The van der Waals surface area contributed by atoms with E-state index in [9.17, 15) is 4.79 Å². The molecular weight excluding hydrogens is 376 g/mol. The predicted molar refractivity (Wildman–Crippen MR) is 113 cm³/mol. The Morgan fingerprint density at radius 2 is 1.52 bits per heavy atom. The molecule has 0 aliphatic carbocycles. The number of benzene rings is 3. The molecule has 1 unspecified atom stereocenters. The van der Waals surface area contributed by atoms with Crippen molar-refractivity contribution in [2.24, 2.45) is 0 Å². The van der Waals surface area contributed by atoms with Gasteiger partial charge in [-0.15, -0.1) is 0 Å². The first-order chi connectivity index (χ1) is 13.1. The summed E-state index contributed by atoms with van der Waals surface area (Å²) < 4.78 is 0. The van der Waals surface area contributed by atoms with Gasteiger partial charge in [0.2, 0.25) is 0 Å². The van der Waals surface area contributed by atoms with Crippen LogP contribution < -0.4 is 10.2 Å². The SMILES string of the molecule is O=C1C(c2ccc(Cl)cc2)NC(=S)N1c1ccc(Cc2ccccc2)cc1. The van der Waals surface area contributed by atoms with E-state index in [4.69, 9.17) is 23.8 Å². The standard InChI is InChI=1S/C22H17ClN2OS/c23-18-10-8-17(9-11-18)20-21(26)25(22(27)24-20)19-12-6-16(7-13-19)14-15-4-2-1-3-5-15/h1-13,20H,14H2,(H,24,27). The number of anilines is 1. The van der Waals surface area contributed by atoms with E-state index in [1.807, 2.05) is 54.6 Å². The number of amides is 1. The van der Waals surface area contributed by atoms with Gasteiger partial charge in [-0.25, -0.2) is 0 Å². The zero-order valence-electron chi connectivity index (χ0n) is 14.4. The number of hydrogen-bond donors (Lipinski definition) is 1. The average molecular weight is 393 g/mol. The maximum Gasteiger partial charge on any atom is 0.260 e. The van der Waals surface area contributed by atoms with Crippen molar-refractivity contribution in [2.75, 3.05) is 4.90 Å². The summed E-state index contributed by atoms with van der Waals surface area (Å²) in [4.78, 5) is 14.5. The molecule has 4 rings (SSSR count). The van der Waals surface area contributed by atoms with Crippen molar-refractivity contribution in [3.63, 3.8) is 0 Å². The fourth-order valence-electron chi connectivity index (χ4n) is 3.20. The van der Waals surface area contributed by atoms with E-state index >= 15 is 0 Å². The van der Waals surface area contributed by atoms with Gasteiger partial charge in [0.25, 0.3) is 5.91 Å². The van der Waals surface area contributed by atoms with Gasteiger partial charge in [0.05, 0.1) is 5.69 Å². The molecule has 0 aromatic heterocycles. The monoisotopic (exact) mass is 392 g/mol. The molecule has 0 saturated carbocycles. The van der Waals surface area contributed by atoms with E-state index in [-0.39, 0.29) is 5.91 Å². The van der Waals surface area contributed by atoms with Crippen molar-refractivity contribution >= 4 is 40.5 Å². The fraction of sp³-hybridized carbons (Fsp3) is 0.0909. The highest BCUT2D eigenvalue weighted by atomic mass is 35.5. The highest BCUT2D eigenvalue weighted by molar-refractivity contribution is 7.80. The van der Waals surface area contributed by atoms with Crippen LogP contribution >= 0.6 is 23.8 Å². The molecule has 1 N–H and O–H groups in total. The Kier molecular flexibility index (Phi) is 4.92. The van der Waals surface area contributed by atoms with Crippen molar-refractivity contribution in [3.05, 3.63) is 101 Å². The summed E-state index contributed by atoms with van der Waals surface area (Å²) in [5.41, 5.74) is 4.05. The molecule has 27 heavy (non-hydrogen) atoms. The van der Waals surface area contributed by atoms with Gasteiger partial charge in [0, 0.05) is 5.02 Å². The number of carbonyl (C=O) groups is 1. The highest BCUT2D eigenvalue weighted by Gasteiger charge is 2.37. The summed E-state index contributed by atoms with van der Waals surface area (Å²) in [5.74, 6) is -0.0851. The topological polar surface area (TPSA) is 32.3 Å². The summed E-state index contributed by atoms with van der Waals surface area (Å²) in [6.45, 7) is 0. The lowest BCUT2D eigenvalue weighted by Crippen LogP contribution is -2.30. The molecular formula is C22H17ClN2OS. The van der Waals surface area contributed by atoms with Gasteiger partial charge in [-0.1, -0.05) is 66.2 Å². The molecule has 134 valence electrons. The number of carbonyl (C=O) groups excluding carboxylic acids is 1. The third-order valence-corrected chi connectivity index (χ3v) is 5.14. The van der Waals surface area contributed by atoms with Crippen LogP contribution in [0.2, 0.25) is 5.02 Å². The number of rotatable bonds is 4. The zero-order valence-corrected chi connectivity index (χ0v) is 16.0. The van der Waals surface area contributed by atoms with Gasteiger partial charge in [0.1, 0.15) is 6.04 Å². The molecule has 1 amide bonds. The van der Waals surface area contributed by atoms with Crippen LogP contribution in [0.1, 0.15) is 22.7 Å². The van der Waals surface area contributed by atoms with Crippen LogP contribution in [-0.4, -0.2) is 11.0 Å². The molecule has 3 nitrogen and oxygen atoms in total. The highest BCUT2D eigenvalue weighted by Crippen LogP contribution is 2.28. The maximum absolute atomic E-state index is 12.9. The normalized spacial score (nSPS) is 16.5. The van der Waals surface area contributed by atoms with Crippen LogP contribution in [0, 0.1) is 0 Å². The van der Waals surface area contributed by atoms with E-state index in [0.29, 0.717) is 10.1 Å². The van der Waals surface area contributed by atoms with Crippen molar-refractivity contribution < 1.29 is 4.79 Å². The fourth-order valence-corrected chi connectivity index (χ4v) is 3.64. The molecule has 1 fully saturated rings. The van der Waals surface area contributed by atoms with Gasteiger partial charge < -0.3 is 5.32 Å². The molecule has 0 bridgehead atoms. The van der Waals surface area contributed by atoms with Crippen LogP contribution in [0.3, 0.4) is 0 Å². The first-order valence-electron chi connectivity index (χ1n) is 8.64. The Bertz CT molecular complexity index is 971. The molecule has 0 spiro atoms. The van der Waals surface area contributed by atoms with Crippen molar-refractivity contribution in [3.8, 4) is 0 Å². The van der Waals surface area contributed by atoms with E-state index < -0.39 is 6.04 Å². The van der Waals surface area contributed by atoms with Crippen molar-refractivity contribution in [1.82, 2.24) is 5.32 Å². The summed E-state index contributed by atoms with van der Waals surface area (Å²) >= 11 is 11.3. The summed E-state index contributed by atoms with van der Waals surface area (Å²) in [5, 5.41) is 4.16. The van der Waals surface area contributed by atoms with Crippen LogP contribution in [0.15, 0.2) is 78.9 Å². The van der Waals surface area contributed by atoms with Gasteiger partial charge in [-0.2, -0.15) is 0 Å². The smallest absolute Gasteiger partial charge is 0.260 e. The van der Waals surface area contributed by atoms with Crippen LogP contribution in [-0.2, 0) is 11.2 Å². The number of halogens is 1. The lowest BCUT2D eigenvalue weighted by Gasteiger charge is -2.15. The number of nitrogens with one attached hydrogen (secondary N) is 1. The molecule has 3 aromatic rings. The largest absolute Gasteiger partial charge is 0.346 e. The third kappa shape index (κ3) is 3.72. The number of nitrogens with zero attached hydrogens (tertiary/aromatic N) is 1. The number of thiocarbonyl (C=S) groups is 1. The summed E-state index contributed by atoms with van der Waals surface area (Å²) in [6.07, 6.45) is 0.852. The quantitative estimate of drug-likeness (QED) is 0.641. The Balaban J connectivity index is 1.53. The van der Waals surface area contributed by atoms with Crippen LogP contribution in [0.5, 0.6) is 0 Å². The maximum atomic E-state index is 12.9. The van der Waals surface area contributed by atoms with Gasteiger partial charge in [-0.3, -0.25) is 9.69 Å². The third-order valence-electron chi connectivity index (χ3n) is 4.59. The predicted octanol–water partition coefficient (Wildman–Crippen LogP) is 4.89. The van der Waals surface area contributed by atoms with Crippen molar-refractivity contribution in [2.45, 2.75) is 12.5 Å². The van der Waals surface area contributed by atoms with Gasteiger partial charge in [0.15, 0.2) is 5.11 Å². The first kappa shape index (κ1) is 17.7. The molecule has 1 aliphatic heterocycles. The molecule has 5 heteroatoms. The minimum atomic E-state index is -0.487. The molecule has 0 radical (unpaired) electrons. The zero-order chi connectivity index (χ0) is 18.8. The Labute approximate surface area is 168 Å². The molecule has 3 aromatic carbocycles. The first-order valence-corrected chi connectivity index (χ1v) is 9.43. The van der Waals surface area contributed by atoms with Crippen LogP contribution in [0.4, 0.5) is 5.69 Å². The van der Waals surface area contributed by atoms with E-state index in [2.05, 4.69) is 17.4 Å². The summed E-state index contributed by atoms with van der Waals surface area (Å²) in [7, 11) is 0. The minimum absolute atomic E-state index is 0.0851. The number of hydrogen-bond acceptors (Lipinski definition) is 2. The second-order valence-electron chi connectivity index (χ2n) is 6.44. The van der Waals surface area contributed by atoms with E-state index in [0.717, 1.165) is 17.7 Å². The molecule has 1 heterocycles. The van der Waals surface area contributed by atoms with Crippen LogP contribution in [0.25, 0.3) is 0 Å². The summed E-state index contributed by atoms with van der Waals surface area (Å²) in [6, 6.07) is 25.0. The second-order valence-corrected chi connectivity index (χ2v) is 7.26. The second kappa shape index (κ2) is 7.51. The minimum Gasteiger partial charge on any atom is -0.346 e. The van der Waals surface area contributed by atoms with E-state index in [1.165, 1.54) is 11.1 Å². The van der Waals surface area contributed by atoms with Crippen molar-refractivity contribution in [1.29, 1.82) is 0 Å². The van der Waals surface area contributed by atoms with E-state index in [1.54, 1.807) is 17.0 Å². The Morgan fingerprint density at radius 1 is 0.889 bits per heavy atom. The molecule has 1 saturated heterocycles. The van der Waals surface area contributed by atoms with Gasteiger partial charge in [-0.05, 0) is 59.6 Å². The average Bonchev–Trinajstić information content (AvgIpc) is 2.98. The lowest BCUT2D eigenvalue weighted by atomic mass is 10.0. The Hall–Kier alpha value is -2.69.